The molecule has 0 radical (unpaired) electrons. The van der Waals surface area contributed by atoms with Crippen LogP contribution < -0.4 is 5.73 Å². The SMILES string of the molecule is CCC1COC(C)CN1C(N)=NC1CC1. The van der Waals surface area contributed by atoms with Crippen molar-refractivity contribution in [3.63, 3.8) is 0 Å². The van der Waals surface area contributed by atoms with Crippen LogP contribution in [0.3, 0.4) is 0 Å². The van der Waals surface area contributed by atoms with Crippen LogP contribution in [0.5, 0.6) is 0 Å². The van der Waals surface area contributed by atoms with Crippen molar-refractivity contribution in [2.75, 3.05) is 13.2 Å². The van der Waals surface area contributed by atoms with Crippen molar-refractivity contribution < 1.29 is 4.74 Å². The molecule has 0 aromatic heterocycles. The van der Waals surface area contributed by atoms with Crippen molar-refractivity contribution in [1.82, 2.24) is 4.90 Å². The number of guanidine groups is 1. The van der Waals surface area contributed by atoms with E-state index in [9.17, 15) is 0 Å². The minimum Gasteiger partial charge on any atom is -0.375 e. The van der Waals surface area contributed by atoms with Gasteiger partial charge in [-0.2, -0.15) is 0 Å². The van der Waals surface area contributed by atoms with Gasteiger partial charge in [0.15, 0.2) is 5.96 Å². The summed E-state index contributed by atoms with van der Waals surface area (Å²) in [6.07, 6.45) is 3.74. The minimum atomic E-state index is 0.265. The number of hydrogen-bond acceptors (Lipinski definition) is 2. The lowest BCUT2D eigenvalue weighted by Crippen LogP contribution is -2.54. The van der Waals surface area contributed by atoms with Gasteiger partial charge in [-0.1, -0.05) is 6.92 Å². The molecule has 0 amide bonds. The van der Waals surface area contributed by atoms with Gasteiger partial charge in [0.2, 0.25) is 0 Å². The molecule has 2 aliphatic rings. The third kappa shape index (κ3) is 2.62. The third-order valence-electron chi connectivity index (χ3n) is 3.09. The second-order valence-corrected chi connectivity index (χ2v) is 4.58. The topological polar surface area (TPSA) is 50.9 Å². The Hall–Kier alpha value is -0.770. The summed E-state index contributed by atoms with van der Waals surface area (Å²) in [5.74, 6) is 0.722. The molecule has 1 saturated carbocycles. The van der Waals surface area contributed by atoms with Crippen molar-refractivity contribution in [1.29, 1.82) is 0 Å². The van der Waals surface area contributed by atoms with Crippen molar-refractivity contribution >= 4 is 5.96 Å². The van der Waals surface area contributed by atoms with E-state index in [0.29, 0.717) is 12.1 Å². The highest BCUT2D eigenvalue weighted by Gasteiger charge is 2.29. The summed E-state index contributed by atoms with van der Waals surface area (Å²) in [5, 5.41) is 0. The summed E-state index contributed by atoms with van der Waals surface area (Å²) < 4.78 is 5.63. The van der Waals surface area contributed by atoms with Gasteiger partial charge in [-0.25, -0.2) is 4.99 Å². The Morgan fingerprint density at radius 3 is 2.87 bits per heavy atom. The van der Waals surface area contributed by atoms with E-state index in [0.717, 1.165) is 25.5 Å². The van der Waals surface area contributed by atoms with E-state index in [1.807, 2.05) is 0 Å². The molecule has 2 N–H and O–H groups in total. The number of hydrogen-bond donors (Lipinski definition) is 1. The van der Waals surface area contributed by atoms with Crippen molar-refractivity contribution in [2.45, 2.75) is 51.3 Å². The van der Waals surface area contributed by atoms with Crippen LogP contribution in [0.25, 0.3) is 0 Å². The predicted molar refractivity (Wildman–Crippen MR) is 60.8 cm³/mol. The van der Waals surface area contributed by atoms with E-state index in [1.54, 1.807) is 0 Å². The summed E-state index contributed by atoms with van der Waals surface area (Å²) in [4.78, 5) is 6.72. The van der Waals surface area contributed by atoms with Crippen molar-refractivity contribution in [2.24, 2.45) is 10.7 Å². The summed E-state index contributed by atoms with van der Waals surface area (Å²) in [6, 6.07) is 0.907. The number of ether oxygens (including phenoxy) is 1. The number of nitrogens with zero attached hydrogens (tertiary/aromatic N) is 2. The van der Waals surface area contributed by atoms with Gasteiger partial charge in [0, 0.05) is 6.54 Å². The van der Waals surface area contributed by atoms with Gasteiger partial charge in [-0.3, -0.25) is 0 Å². The molecule has 1 aliphatic carbocycles. The average molecular weight is 211 g/mol. The first kappa shape index (κ1) is 10.7. The molecule has 0 spiro atoms. The van der Waals surface area contributed by atoms with Gasteiger partial charge in [0.05, 0.1) is 24.8 Å². The van der Waals surface area contributed by atoms with Crippen LogP contribution in [0, 0.1) is 0 Å². The van der Waals surface area contributed by atoms with Crippen LogP contribution in [0.2, 0.25) is 0 Å². The van der Waals surface area contributed by atoms with Crippen LogP contribution in [0.4, 0.5) is 0 Å². The maximum atomic E-state index is 6.04. The summed E-state index contributed by atoms with van der Waals surface area (Å²) in [6.45, 7) is 5.91. The van der Waals surface area contributed by atoms with Crippen LogP contribution >= 0.6 is 0 Å². The maximum Gasteiger partial charge on any atom is 0.191 e. The molecule has 0 bridgehead atoms. The Kier molecular flexibility index (Phi) is 3.14. The fourth-order valence-electron chi connectivity index (χ4n) is 1.93. The first-order valence-electron chi connectivity index (χ1n) is 5.92. The molecule has 1 heterocycles. The fraction of sp³-hybridized carbons (Fsp3) is 0.909. The third-order valence-corrected chi connectivity index (χ3v) is 3.09. The average Bonchev–Trinajstić information content (AvgIpc) is 3.01. The van der Waals surface area contributed by atoms with E-state index >= 15 is 0 Å². The van der Waals surface area contributed by atoms with Gasteiger partial charge in [-0.15, -0.1) is 0 Å². The van der Waals surface area contributed by atoms with E-state index in [2.05, 4.69) is 23.7 Å². The first-order valence-corrected chi connectivity index (χ1v) is 5.92. The second kappa shape index (κ2) is 4.39. The molecule has 1 aliphatic heterocycles. The zero-order chi connectivity index (χ0) is 10.8. The smallest absolute Gasteiger partial charge is 0.191 e. The summed E-state index contributed by atoms with van der Waals surface area (Å²) >= 11 is 0. The Labute approximate surface area is 91.5 Å². The molecule has 2 unspecified atom stereocenters. The van der Waals surface area contributed by atoms with Gasteiger partial charge >= 0.3 is 0 Å². The maximum absolute atomic E-state index is 6.04. The lowest BCUT2D eigenvalue weighted by molar-refractivity contribution is -0.0289. The molecule has 2 atom stereocenters. The van der Waals surface area contributed by atoms with Gasteiger partial charge in [0.25, 0.3) is 0 Å². The lowest BCUT2D eigenvalue weighted by atomic mass is 10.1. The molecule has 0 aromatic carbocycles. The Morgan fingerprint density at radius 1 is 1.53 bits per heavy atom. The second-order valence-electron chi connectivity index (χ2n) is 4.58. The molecule has 1 saturated heterocycles. The lowest BCUT2D eigenvalue weighted by Gasteiger charge is -2.39. The zero-order valence-electron chi connectivity index (χ0n) is 9.65. The molecular formula is C11H21N3O. The number of nitrogens with two attached hydrogens (primary N) is 1. The quantitative estimate of drug-likeness (QED) is 0.547. The number of morpholine rings is 1. The largest absolute Gasteiger partial charge is 0.375 e. The molecule has 86 valence electrons. The first-order chi connectivity index (χ1) is 7.20. The fourth-order valence-corrected chi connectivity index (χ4v) is 1.93. The summed E-state index contributed by atoms with van der Waals surface area (Å²) in [5.41, 5.74) is 6.04. The van der Waals surface area contributed by atoms with Crippen molar-refractivity contribution in [3.8, 4) is 0 Å². The predicted octanol–water partition coefficient (Wildman–Crippen LogP) is 0.963. The zero-order valence-corrected chi connectivity index (χ0v) is 9.65. The Balaban J connectivity index is 2.01. The van der Waals surface area contributed by atoms with E-state index < -0.39 is 0 Å². The van der Waals surface area contributed by atoms with Gasteiger partial charge < -0.3 is 15.4 Å². The molecular weight excluding hydrogens is 190 g/mol. The molecule has 2 fully saturated rings. The molecule has 2 rings (SSSR count). The van der Waals surface area contributed by atoms with E-state index in [-0.39, 0.29) is 6.10 Å². The van der Waals surface area contributed by atoms with Crippen LogP contribution in [-0.2, 0) is 4.74 Å². The standard InChI is InChI=1S/C11H21N3O/c1-3-10-7-15-8(2)6-14(10)11(12)13-9-4-5-9/h8-10H,3-7H2,1-2H3,(H2,12,13). The number of rotatable bonds is 2. The van der Waals surface area contributed by atoms with E-state index in [4.69, 9.17) is 10.5 Å². The van der Waals surface area contributed by atoms with Gasteiger partial charge in [0.1, 0.15) is 0 Å². The highest BCUT2D eigenvalue weighted by Crippen LogP contribution is 2.24. The highest BCUT2D eigenvalue weighted by molar-refractivity contribution is 5.79. The molecule has 4 heteroatoms. The molecule has 15 heavy (non-hydrogen) atoms. The normalized spacial score (nSPS) is 33.2. The monoisotopic (exact) mass is 211 g/mol. The highest BCUT2D eigenvalue weighted by atomic mass is 16.5. The molecule has 0 aromatic rings. The molecule has 4 nitrogen and oxygen atoms in total. The van der Waals surface area contributed by atoms with Crippen LogP contribution in [0.1, 0.15) is 33.1 Å². The van der Waals surface area contributed by atoms with Crippen LogP contribution in [0.15, 0.2) is 4.99 Å². The Morgan fingerprint density at radius 2 is 2.27 bits per heavy atom. The number of aliphatic imine (C=N–C) groups is 1. The van der Waals surface area contributed by atoms with Crippen LogP contribution in [-0.4, -0.2) is 42.2 Å². The van der Waals surface area contributed by atoms with E-state index in [1.165, 1.54) is 12.8 Å². The summed E-state index contributed by atoms with van der Waals surface area (Å²) in [7, 11) is 0. The van der Waals surface area contributed by atoms with Gasteiger partial charge in [-0.05, 0) is 26.2 Å². The Bertz CT molecular complexity index is 250. The van der Waals surface area contributed by atoms with Crippen molar-refractivity contribution in [3.05, 3.63) is 0 Å². The minimum absolute atomic E-state index is 0.265.